The Hall–Kier alpha value is -2.37. The number of nitrogens with zero attached hydrogens (tertiary/aromatic N) is 1. The lowest BCUT2D eigenvalue weighted by Gasteiger charge is -2.09. The molecule has 0 saturated carbocycles. The van der Waals surface area contributed by atoms with E-state index in [0.29, 0.717) is 18.1 Å². The van der Waals surface area contributed by atoms with Crippen LogP contribution in [0.2, 0.25) is 0 Å². The molecule has 0 N–H and O–H groups in total. The van der Waals surface area contributed by atoms with Gasteiger partial charge in [0.1, 0.15) is 0 Å². The lowest BCUT2D eigenvalue weighted by atomic mass is 10.1. The van der Waals surface area contributed by atoms with Gasteiger partial charge in [-0.15, -0.1) is 0 Å². The molecule has 1 aromatic carbocycles. The van der Waals surface area contributed by atoms with Crippen LogP contribution in [0.5, 0.6) is 11.5 Å². The minimum absolute atomic E-state index is 0.134. The first-order valence-electron chi connectivity index (χ1n) is 6.70. The van der Waals surface area contributed by atoms with Crippen LogP contribution in [-0.4, -0.2) is 31.0 Å². The van der Waals surface area contributed by atoms with Crippen LogP contribution in [0.25, 0.3) is 6.08 Å². The van der Waals surface area contributed by atoms with E-state index in [-0.39, 0.29) is 25.2 Å². The van der Waals surface area contributed by atoms with Gasteiger partial charge in [-0.2, -0.15) is 0 Å². The van der Waals surface area contributed by atoms with Gasteiger partial charge < -0.3 is 9.47 Å². The van der Waals surface area contributed by atoms with Crippen LogP contribution in [0.3, 0.4) is 0 Å². The zero-order valence-corrected chi connectivity index (χ0v) is 12.2. The molecule has 6 heteroatoms. The van der Waals surface area contributed by atoms with Gasteiger partial charge in [0, 0.05) is 17.8 Å². The van der Waals surface area contributed by atoms with E-state index in [1.807, 2.05) is 13.0 Å². The summed E-state index contributed by atoms with van der Waals surface area (Å²) in [5.41, 5.74) is 0.807. The van der Waals surface area contributed by atoms with E-state index in [1.54, 1.807) is 25.3 Å². The van der Waals surface area contributed by atoms with E-state index in [1.165, 1.54) is 6.08 Å². The Labute approximate surface area is 123 Å². The summed E-state index contributed by atoms with van der Waals surface area (Å²) in [6, 6.07) is 5.35. The summed E-state index contributed by atoms with van der Waals surface area (Å²) in [5.74, 6) is 1.11. The van der Waals surface area contributed by atoms with E-state index >= 15 is 0 Å². The van der Waals surface area contributed by atoms with Gasteiger partial charge in [-0.05, 0) is 30.7 Å². The van der Waals surface area contributed by atoms with Gasteiger partial charge in [0.15, 0.2) is 17.3 Å². The number of methoxy groups -OCH3 is 1. The maximum Gasteiger partial charge on any atom is 0.204 e. The Morgan fingerprint density at radius 1 is 1.38 bits per heavy atom. The molecule has 0 heterocycles. The number of allylic oxidation sites excluding steroid dienone is 1. The molecule has 6 nitrogen and oxygen atoms in total. The lowest BCUT2D eigenvalue weighted by molar-refractivity contribution is -0.480. The zero-order chi connectivity index (χ0) is 15.7. The van der Waals surface area contributed by atoms with Crippen molar-refractivity contribution in [2.24, 2.45) is 0 Å². The zero-order valence-electron chi connectivity index (χ0n) is 12.2. The first kappa shape index (κ1) is 16.7. The maximum atomic E-state index is 11.6. The van der Waals surface area contributed by atoms with Crippen molar-refractivity contribution in [1.82, 2.24) is 0 Å². The molecule has 0 saturated heterocycles. The Bertz CT molecular complexity index is 525. The molecule has 0 bridgehead atoms. The smallest absolute Gasteiger partial charge is 0.204 e. The Balaban J connectivity index is 2.64. The summed E-state index contributed by atoms with van der Waals surface area (Å²) < 4.78 is 10.6. The highest BCUT2D eigenvalue weighted by molar-refractivity contribution is 5.93. The van der Waals surface area contributed by atoms with Crippen molar-refractivity contribution in [3.8, 4) is 11.5 Å². The molecule has 0 aromatic heterocycles. The van der Waals surface area contributed by atoms with Gasteiger partial charge >= 0.3 is 0 Å². The summed E-state index contributed by atoms with van der Waals surface area (Å²) in [5, 5.41) is 10.2. The van der Waals surface area contributed by atoms with Crippen LogP contribution >= 0.6 is 0 Å². The highest BCUT2D eigenvalue weighted by Gasteiger charge is 2.05. The van der Waals surface area contributed by atoms with Crippen molar-refractivity contribution in [2.75, 3.05) is 20.3 Å². The predicted octanol–water partition coefficient (Wildman–Crippen LogP) is 2.73. The number of ether oxygens (including phenoxy) is 2. The fraction of sp³-hybridized carbons (Fsp3) is 0.400. The number of carbonyl (C=O) groups is 1. The van der Waals surface area contributed by atoms with Crippen molar-refractivity contribution in [3.63, 3.8) is 0 Å². The van der Waals surface area contributed by atoms with Gasteiger partial charge in [-0.3, -0.25) is 14.9 Å². The van der Waals surface area contributed by atoms with Gasteiger partial charge in [-0.25, -0.2) is 0 Å². The summed E-state index contributed by atoms with van der Waals surface area (Å²) in [6.07, 6.45) is 3.52. The Morgan fingerprint density at radius 3 is 2.76 bits per heavy atom. The minimum Gasteiger partial charge on any atom is -0.493 e. The second kappa shape index (κ2) is 8.73. The number of carbonyl (C=O) groups excluding carboxylic acids is 1. The first-order valence-corrected chi connectivity index (χ1v) is 6.70. The SMILES string of the molecule is CCOc1cc(/C=C/C(=O)CCC[N+](=O)[O-])ccc1OC. The van der Waals surface area contributed by atoms with Crippen molar-refractivity contribution in [1.29, 1.82) is 0 Å². The van der Waals surface area contributed by atoms with Crippen LogP contribution < -0.4 is 9.47 Å². The number of hydrogen-bond donors (Lipinski definition) is 0. The maximum absolute atomic E-state index is 11.6. The molecule has 0 spiro atoms. The van der Waals surface area contributed by atoms with Gasteiger partial charge in [0.25, 0.3) is 0 Å². The molecule has 114 valence electrons. The van der Waals surface area contributed by atoms with Crippen LogP contribution in [0, 0.1) is 10.1 Å². The first-order chi connectivity index (χ1) is 10.1. The quantitative estimate of drug-likeness (QED) is 0.397. The molecule has 0 amide bonds. The normalized spacial score (nSPS) is 10.6. The van der Waals surface area contributed by atoms with Gasteiger partial charge in [0.2, 0.25) is 6.54 Å². The summed E-state index contributed by atoms with van der Waals surface area (Å²) in [6.45, 7) is 2.21. The van der Waals surface area contributed by atoms with E-state index < -0.39 is 4.92 Å². The predicted molar refractivity (Wildman–Crippen MR) is 79.3 cm³/mol. The van der Waals surface area contributed by atoms with Crippen LogP contribution in [-0.2, 0) is 4.79 Å². The van der Waals surface area contributed by atoms with Gasteiger partial charge in [-0.1, -0.05) is 12.1 Å². The molecular formula is C15H19NO5. The minimum atomic E-state index is -0.422. The number of hydrogen-bond acceptors (Lipinski definition) is 5. The lowest BCUT2D eigenvalue weighted by Crippen LogP contribution is -2.03. The third-order valence-corrected chi connectivity index (χ3v) is 2.71. The molecule has 1 aromatic rings. The highest BCUT2D eigenvalue weighted by atomic mass is 16.6. The third-order valence-electron chi connectivity index (χ3n) is 2.71. The number of benzene rings is 1. The van der Waals surface area contributed by atoms with Crippen molar-refractivity contribution in [3.05, 3.63) is 40.0 Å². The number of ketones is 1. The number of rotatable bonds is 9. The molecule has 0 fully saturated rings. The molecule has 0 atom stereocenters. The molecule has 0 aliphatic carbocycles. The van der Waals surface area contributed by atoms with E-state index in [9.17, 15) is 14.9 Å². The Morgan fingerprint density at radius 2 is 2.14 bits per heavy atom. The molecule has 21 heavy (non-hydrogen) atoms. The fourth-order valence-corrected chi connectivity index (χ4v) is 1.72. The highest BCUT2D eigenvalue weighted by Crippen LogP contribution is 2.28. The average molecular weight is 293 g/mol. The molecule has 0 unspecified atom stereocenters. The second-order valence-corrected chi connectivity index (χ2v) is 4.30. The van der Waals surface area contributed by atoms with Crippen molar-refractivity contribution >= 4 is 11.9 Å². The monoisotopic (exact) mass is 293 g/mol. The van der Waals surface area contributed by atoms with Crippen LogP contribution in [0.4, 0.5) is 0 Å². The number of nitro groups is 1. The van der Waals surface area contributed by atoms with E-state index in [2.05, 4.69) is 0 Å². The Kier molecular flexibility index (Phi) is 6.94. The summed E-state index contributed by atoms with van der Waals surface area (Å²) >= 11 is 0. The molecular weight excluding hydrogens is 274 g/mol. The average Bonchev–Trinajstić information content (AvgIpc) is 2.45. The second-order valence-electron chi connectivity index (χ2n) is 4.30. The topological polar surface area (TPSA) is 78.7 Å². The summed E-state index contributed by atoms with van der Waals surface area (Å²) in [7, 11) is 1.56. The molecule has 0 aliphatic rings. The van der Waals surface area contributed by atoms with E-state index in [0.717, 1.165) is 5.56 Å². The molecule has 0 aliphatic heterocycles. The largest absolute Gasteiger partial charge is 0.493 e. The van der Waals surface area contributed by atoms with Crippen LogP contribution in [0.1, 0.15) is 25.3 Å². The standard InChI is InChI=1S/C15H19NO5/c1-3-21-15-11-12(7-9-14(15)20-2)6-8-13(17)5-4-10-16(18)19/h6-9,11H,3-5,10H2,1-2H3/b8-6+. The van der Waals surface area contributed by atoms with Crippen LogP contribution in [0.15, 0.2) is 24.3 Å². The molecule has 1 rings (SSSR count). The summed E-state index contributed by atoms with van der Waals surface area (Å²) in [4.78, 5) is 21.3. The van der Waals surface area contributed by atoms with Crippen molar-refractivity contribution in [2.45, 2.75) is 19.8 Å². The fourth-order valence-electron chi connectivity index (χ4n) is 1.72. The molecule has 0 radical (unpaired) electrons. The third kappa shape index (κ3) is 6.07. The van der Waals surface area contributed by atoms with E-state index in [4.69, 9.17) is 9.47 Å². The van der Waals surface area contributed by atoms with Gasteiger partial charge in [0.05, 0.1) is 13.7 Å². The van der Waals surface area contributed by atoms with Crippen molar-refractivity contribution < 1.29 is 19.2 Å².